The zero-order valence-corrected chi connectivity index (χ0v) is 20.4. The van der Waals surface area contributed by atoms with Crippen LogP contribution < -0.4 is 16.2 Å². The second-order valence-corrected chi connectivity index (χ2v) is 8.05. The molecule has 1 fully saturated rings. The van der Waals surface area contributed by atoms with Gasteiger partial charge in [-0.15, -0.1) is 24.0 Å². The molecule has 4 rings (SSSR count). The molecular formula is C25H28FIN4O. The van der Waals surface area contributed by atoms with Crippen molar-refractivity contribution < 1.29 is 4.39 Å². The Kier molecular flexibility index (Phi) is 8.06. The van der Waals surface area contributed by atoms with E-state index in [1.807, 2.05) is 24.3 Å². The average Bonchev–Trinajstić information content (AvgIpc) is 3.58. The van der Waals surface area contributed by atoms with E-state index in [0.717, 1.165) is 42.0 Å². The summed E-state index contributed by atoms with van der Waals surface area (Å²) < 4.78 is 15.3. The second-order valence-electron chi connectivity index (χ2n) is 8.05. The Balaban J connectivity index is 0.00000289. The van der Waals surface area contributed by atoms with E-state index in [-0.39, 0.29) is 40.8 Å². The molecule has 7 heteroatoms. The van der Waals surface area contributed by atoms with Crippen molar-refractivity contribution in [2.75, 3.05) is 13.6 Å². The van der Waals surface area contributed by atoms with Gasteiger partial charge in [0.05, 0.1) is 6.54 Å². The molecule has 1 saturated carbocycles. The molecule has 1 aliphatic rings. The van der Waals surface area contributed by atoms with Crippen LogP contribution in [0.5, 0.6) is 0 Å². The molecule has 2 aromatic carbocycles. The van der Waals surface area contributed by atoms with Crippen molar-refractivity contribution >= 4 is 29.9 Å². The second kappa shape index (κ2) is 10.8. The predicted octanol–water partition coefficient (Wildman–Crippen LogP) is 4.05. The van der Waals surface area contributed by atoms with Crippen molar-refractivity contribution in [3.8, 4) is 0 Å². The molecule has 0 radical (unpaired) electrons. The summed E-state index contributed by atoms with van der Waals surface area (Å²) in [4.78, 5) is 16.2. The number of nitrogens with zero attached hydrogens (tertiary/aromatic N) is 2. The van der Waals surface area contributed by atoms with Gasteiger partial charge in [-0.05, 0) is 47.7 Å². The smallest absolute Gasteiger partial charge is 0.250 e. The van der Waals surface area contributed by atoms with Gasteiger partial charge in [-0.2, -0.15) is 0 Å². The van der Waals surface area contributed by atoms with Crippen LogP contribution in [0.1, 0.15) is 29.5 Å². The number of rotatable bonds is 7. The molecule has 168 valence electrons. The van der Waals surface area contributed by atoms with Crippen molar-refractivity contribution in [3.63, 3.8) is 0 Å². The van der Waals surface area contributed by atoms with Crippen LogP contribution in [0.2, 0.25) is 0 Å². The van der Waals surface area contributed by atoms with E-state index in [1.54, 1.807) is 42.1 Å². The molecule has 32 heavy (non-hydrogen) atoms. The van der Waals surface area contributed by atoms with Crippen molar-refractivity contribution in [2.45, 2.75) is 31.3 Å². The van der Waals surface area contributed by atoms with E-state index in [1.165, 1.54) is 6.07 Å². The van der Waals surface area contributed by atoms with Crippen LogP contribution in [0.15, 0.2) is 82.7 Å². The van der Waals surface area contributed by atoms with Gasteiger partial charge in [0.25, 0.3) is 5.56 Å². The van der Waals surface area contributed by atoms with Gasteiger partial charge in [0.1, 0.15) is 5.82 Å². The fourth-order valence-electron chi connectivity index (χ4n) is 3.75. The molecule has 0 unspecified atom stereocenters. The number of aliphatic imine (C=N–C) groups is 1. The van der Waals surface area contributed by atoms with Gasteiger partial charge in [0.2, 0.25) is 0 Å². The summed E-state index contributed by atoms with van der Waals surface area (Å²) in [6, 6.07) is 20.2. The molecule has 3 aromatic rings. The lowest BCUT2D eigenvalue weighted by Crippen LogP contribution is -2.40. The standard InChI is InChI=1S/C25H27FN4O.HI/c1-27-24(29-18-25(12-13-25)21-5-4-6-22(26)15-21)28-16-19-8-10-20(11-9-19)17-30-14-3-2-7-23(30)31;/h2-11,14-15H,12-13,16-18H2,1H3,(H2,27,28,29);1H. The number of hydrogen-bond donors (Lipinski definition) is 2. The van der Waals surface area contributed by atoms with Crippen molar-refractivity contribution in [1.29, 1.82) is 0 Å². The topological polar surface area (TPSA) is 58.4 Å². The van der Waals surface area contributed by atoms with E-state index >= 15 is 0 Å². The van der Waals surface area contributed by atoms with E-state index in [0.29, 0.717) is 13.1 Å². The number of benzene rings is 2. The number of halogens is 2. The summed E-state index contributed by atoms with van der Waals surface area (Å²) in [5.41, 5.74) is 3.23. The number of pyridine rings is 1. The van der Waals surface area contributed by atoms with Crippen LogP contribution >= 0.6 is 24.0 Å². The lowest BCUT2D eigenvalue weighted by Gasteiger charge is -2.19. The van der Waals surface area contributed by atoms with E-state index in [9.17, 15) is 9.18 Å². The van der Waals surface area contributed by atoms with Crippen molar-refractivity contribution in [2.24, 2.45) is 4.99 Å². The van der Waals surface area contributed by atoms with E-state index < -0.39 is 0 Å². The van der Waals surface area contributed by atoms with Gasteiger partial charge in [-0.1, -0.05) is 42.5 Å². The number of hydrogen-bond acceptors (Lipinski definition) is 2. The molecule has 1 aliphatic carbocycles. The number of aromatic nitrogens is 1. The lowest BCUT2D eigenvalue weighted by atomic mass is 9.96. The summed E-state index contributed by atoms with van der Waals surface area (Å²) in [5, 5.41) is 6.73. The number of nitrogens with one attached hydrogen (secondary N) is 2. The minimum Gasteiger partial charge on any atom is -0.356 e. The van der Waals surface area contributed by atoms with Crippen LogP contribution in [0.3, 0.4) is 0 Å². The first kappa shape index (κ1) is 24.0. The molecular weight excluding hydrogens is 518 g/mol. The molecule has 0 aliphatic heterocycles. The average molecular weight is 546 g/mol. The highest BCUT2D eigenvalue weighted by Crippen LogP contribution is 2.47. The Hall–Kier alpha value is -2.68. The van der Waals surface area contributed by atoms with Gasteiger partial charge in [0.15, 0.2) is 5.96 Å². The molecule has 0 spiro atoms. The van der Waals surface area contributed by atoms with Crippen LogP contribution in [0.4, 0.5) is 4.39 Å². The quantitative estimate of drug-likeness (QED) is 0.267. The Morgan fingerprint density at radius 1 is 1.03 bits per heavy atom. The minimum atomic E-state index is -0.188. The SMILES string of the molecule is CN=C(NCc1ccc(Cn2ccccc2=O)cc1)NCC1(c2cccc(F)c2)CC1.I. The Bertz CT molecular complexity index is 1120. The summed E-state index contributed by atoms with van der Waals surface area (Å²) in [5.74, 6) is 0.537. The Morgan fingerprint density at radius 2 is 1.78 bits per heavy atom. The third-order valence-electron chi connectivity index (χ3n) is 5.84. The van der Waals surface area contributed by atoms with E-state index in [4.69, 9.17) is 0 Å². The van der Waals surface area contributed by atoms with E-state index in [2.05, 4.69) is 27.8 Å². The normalized spacial score (nSPS) is 14.4. The highest BCUT2D eigenvalue weighted by atomic mass is 127. The number of guanidine groups is 1. The van der Waals surface area contributed by atoms with Crippen LogP contribution in [0, 0.1) is 5.82 Å². The van der Waals surface area contributed by atoms with Crippen molar-refractivity contribution in [3.05, 3.63) is 106 Å². The molecule has 5 nitrogen and oxygen atoms in total. The molecule has 0 atom stereocenters. The molecule has 1 aromatic heterocycles. The van der Waals surface area contributed by atoms with Gasteiger partial charge in [-0.3, -0.25) is 9.79 Å². The maximum Gasteiger partial charge on any atom is 0.250 e. The fraction of sp³-hybridized carbons (Fsp3) is 0.280. The third-order valence-corrected chi connectivity index (χ3v) is 5.84. The first-order chi connectivity index (χ1) is 15.1. The highest BCUT2D eigenvalue weighted by molar-refractivity contribution is 14.0. The molecule has 0 bridgehead atoms. The van der Waals surface area contributed by atoms with Crippen LogP contribution in [0.25, 0.3) is 0 Å². The zero-order chi connectivity index (χ0) is 21.7. The first-order valence-electron chi connectivity index (χ1n) is 10.5. The fourth-order valence-corrected chi connectivity index (χ4v) is 3.75. The molecule has 0 saturated heterocycles. The molecule has 0 amide bonds. The summed E-state index contributed by atoms with van der Waals surface area (Å²) >= 11 is 0. The maximum absolute atomic E-state index is 13.6. The first-order valence-corrected chi connectivity index (χ1v) is 10.5. The Labute approximate surface area is 204 Å². The lowest BCUT2D eigenvalue weighted by molar-refractivity contribution is 0.607. The van der Waals surface area contributed by atoms with Crippen LogP contribution in [-0.2, 0) is 18.5 Å². The maximum atomic E-state index is 13.6. The highest BCUT2D eigenvalue weighted by Gasteiger charge is 2.44. The predicted molar refractivity (Wildman–Crippen MR) is 137 cm³/mol. The zero-order valence-electron chi connectivity index (χ0n) is 18.1. The van der Waals surface area contributed by atoms with Gasteiger partial charge >= 0.3 is 0 Å². The van der Waals surface area contributed by atoms with Gasteiger partial charge in [-0.25, -0.2) is 4.39 Å². The largest absolute Gasteiger partial charge is 0.356 e. The van der Waals surface area contributed by atoms with Gasteiger partial charge < -0.3 is 15.2 Å². The monoisotopic (exact) mass is 546 g/mol. The minimum absolute atomic E-state index is 0. The van der Waals surface area contributed by atoms with Gasteiger partial charge in [0, 0.05) is 37.8 Å². The summed E-state index contributed by atoms with van der Waals surface area (Å²) in [6.07, 6.45) is 3.89. The summed E-state index contributed by atoms with van der Waals surface area (Å²) in [6.45, 7) is 1.91. The van der Waals surface area contributed by atoms with Crippen LogP contribution in [-0.4, -0.2) is 24.1 Å². The third kappa shape index (κ3) is 5.97. The van der Waals surface area contributed by atoms with Crippen molar-refractivity contribution in [1.82, 2.24) is 15.2 Å². The molecule has 2 N–H and O–H groups in total. The molecule has 1 heterocycles. The Morgan fingerprint density at radius 3 is 2.44 bits per heavy atom. The summed E-state index contributed by atoms with van der Waals surface area (Å²) in [7, 11) is 1.75.